The second-order valence-electron chi connectivity index (χ2n) is 2.92. The molecule has 1 heterocycles. The van der Waals surface area contributed by atoms with Gasteiger partial charge in [0.25, 0.3) is 0 Å². The number of carbonyl (C=O) groups is 1. The lowest BCUT2D eigenvalue weighted by atomic mass is 10.3. The minimum absolute atomic E-state index is 0.0449. The Morgan fingerprint density at radius 2 is 2.17 bits per heavy atom. The van der Waals surface area contributed by atoms with Crippen LogP contribution in [0.15, 0.2) is 11.0 Å². The molecule has 0 saturated heterocycles. The molecule has 3 nitrogen and oxygen atoms in total. The van der Waals surface area contributed by atoms with Crippen molar-refractivity contribution in [2.24, 2.45) is 0 Å². The molecule has 0 radical (unpaired) electrons. The van der Waals surface area contributed by atoms with Crippen molar-refractivity contribution in [3.63, 3.8) is 0 Å². The number of carbonyl (C=O) groups excluding carboxylic acids is 1. The van der Waals surface area contributed by atoms with Crippen molar-refractivity contribution in [3.05, 3.63) is 20.7 Å². The molecule has 1 rings (SSSR count). The lowest BCUT2D eigenvalue weighted by molar-refractivity contribution is 0.102. The fraction of sp³-hybridized carbons (Fsp3) is 0.500. The van der Waals surface area contributed by atoms with Gasteiger partial charge in [-0.05, 0) is 13.8 Å². The van der Waals surface area contributed by atoms with Crippen molar-refractivity contribution in [2.45, 2.75) is 26.8 Å². The summed E-state index contributed by atoms with van der Waals surface area (Å²) in [5.41, 5.74) is 0. The van der Waals surface area contributed by atoms with E-state index in [2.05, 4.69) is 0 Å². The molecule has 1 aromatic rings. The molecule has 0 bridgehead atoms. The monoisotopic (exact) mass is 185 g/mol. The Kier molecular flexibility index (Phi) is 2.47. The Hall–Kier alpha value is -0.900. The first-order chi connectivity index (χ1) is 5.52. The van der Waals surface area contributed by atoms with Gasteiger partial charge in [-0.3, -0.25) is 9.59 Å². The van der Waals surface area contributed by atoms with E-state index in [1.807, 2.05) is 13.8 Å². The topological polar surface area (TPSA) is 39.1 Å². The number of rotatable bonds is 2. The zero-order valence-corrected chi connectivity index (χ0v) is 8.14. The third-order valence-electron chi connectivity index (χ3n) is 1.57. The highest BCUT2D eigenvalue weighted by Crippen LogP contribution is 2.08. The van der Waals surface area contributed by atoms with Crippen molar-refractivity contribution in [1.82, 2.24) is 4.57 Å². The smallest absolute Gasteiger partial charge is 0.303 e. The van der Waals surface area contributed by atoms with Gasteiger partial charge in [0, 0.05) is 19.2 Å². The van der Waals surface area contributed by atoms with Crippen LogP contribution in [0.25, 0.3) is 0 Å². The molecule has 0 unspecified atom stereocenters. The van der Waals surface area contributed by atoms with Crippen molar-refractivity contribution < 1.29 is 4.79 Å². The van der Waals surface area contributed by atoms with Crippen LogP contribution in [0.5, 0.6) is 0 Å². The highest BCUT2D eigenvalue weighted by Gasteiger charge is 2.09. The van der Waals surface area contributed by atoms with Gasteiger partial charge in [-0.15, -0.1) is 0 Å². The Morgan fingerprint density at radius 3 is 2.42 bits per heavy atom. The second kappa shape index (κ2) is 3.23. The number of Topliss-reactive ketones (excluding diaryl/α,β-unsaturated/α-hetero) is 1. The van der Waals surface area contributed by atoms with Crippen molar-refractivity contribution in [3.8, 4) is 0 Å². The SMILES string of the molecule is CC(=O)c1cn(C(C)C)c(=O)s1. The molecule has 0 aromatic carbocycles. The van der Waals surface area contributed by atoms with Crippen molar-refractivity contribution in [1.29, 1.82) is 0 Å². The maximum Gasteiger partial charge on any atom is 0.308 e. The van der Waals surface area contributed by atoms with Gasteiger partial charge < -0.3 is 4.57 Å². The van der Waals surface area contributed by atoms with Gasteiger partial charge in [-0.25, -0.2) is 0 Å². The normalized spacial score (nSPS) is 10.7. The summed E-state index contributed by atoms with van der Waals surface area (Å²) in [7, 11) is 0. The number of ketones is 1. The van der Waals surface area contributed by atoms with E-state index in [4.69, 9.17) is 0 Å². The van der Waals surface area contributed by atoms with Crippen LogP contribution in [-0.4, -0.2) is 10.4 Å². The standard InChI is InChI=1S/C8H11NO2S/c1-5(2)9-4-7(6(3)10)12-8(9)11/h4-5H,1-3H3. The van der Waals surface area contributed by atoms with Crippen LogP contribution < -0.4 is 4.87 Å². The number of nitrogens with zero attached hydrogens (tertiary/aromatic N) is 1. The number of aromatic nitrogens is 1. The Bertz CT molecular complexity index is 348. The van der Waals surface area contributed by atoms with Gasteiger partial charge in [0.05, 0.1) is 4.88 Å². The second-order valence-corrected chi connectivity index (χ2v) is 3.91. The van der Waals surface area contributed by atoms with E-state index < -0.39 is 0 Å². The maximum atomic E-state index is 11.2. The molecule has 0 aliphatic heterocycles. The minimum atomic E-state index is -0.0600. The molecule has 0 atom stereocenters. The van der Waals surface area contributed by atoms with Crippen molar-refractivity contribution >= 4 is 17.1 Å². The molecule has 0 aliphatic rings. The van der Waals surface area contributed by atoms with Crippen LogP contribution in [0.3, 0.4) is 0 Å². The van der Waals surface area contributed by atoms with Crippen LogP contribution in [-0.2, 0) is 0 Å². The van der Waals surface area contributed by atoms with Gasteiger partial charge in [-0.2, -0.15) is 0 Å². The van der Waals surface area contributed by atoms with Gasteiger partial charge >= 0.3 is 4.87 Å². The zero-order valence-electron chi connectivity index (χ0n) is 7.33. The molecular formula is C8H11NO2S. The summed E-state index contributed by atoms with van der Waals surface area (Å²) in [4.78, 5) is 22.6. The van der Waals surface area contributed by atoms with E-state index >= 15 is 0 Å². The van der Waals surface area contributed by atoms with Gasteiger partial charge in [-0.1, -0.05) is 11.3 Å². The van der Waals surface area contributed by atoms with Gasteiger partial charge in [0.1, 0.15) is 0 Å². The lowest BCUT2D eigenvalue weighted by Gasteiger charge is -2.02. The van der Waals surface area contributed by atoms with E-state index in [1.54, 1.807) is 10.8 Å². The molecule has 0 amide bonds. The first kappa shape index (κ1) is 9.19. The number of thiazole rings is 1. The maximum absolute atomic E-state index is 11.2. The van der Waals surface area contributed by atoms with Crippen LogP contribution in [0, 0.1) is 0 Å². The highest BCUT2D eigenvalue weighted by atomic mass is 32.1. The third kappa shape index (κ3) is 1.64. The average Bonchev–Trinajstić information content (AvgIpc) is 2.30. The lowest BCUT2D eigenvalue weighted by Crippen LogP contribution is -2.13. The first-order valence-corrected chi connectivity index (χ1v) is 4.57. The molecule has 0 spiro atoms. The first-order valence-electron chi connectivity index (χ1n) is 3.75. The van der Waals surface area contributed by atoms with Gasteiger partial charge in [0.2, 0.25) is 0 Å². The summed E-state index contributed by atoms with van der Waals surface area (Å²) >= 11 is 1.01. The largest absolute Gasteiger partial charge is 0.308 e. The predicted molar refractivity (Wildman–Crippen MR) is 49.0 cm³/mol. The number of hydrogen-bond donors (Lipinski definition) is 0. The Balaban J connectivity index is 3.18. The van der Waals surface area contributed by atoms with E-state index in [-0.39, 0.29) is 16.7 Å². The summed E-state index contributed by atoms with van der Waals surface area (Å²) in [6.07, 6.45) is 1.62. The molecule has 1 aromatic heterocycles. The Morgan fingerprint density at radius 1 is 1.58 bits per heavy atom. The molecule has 0 aliphatic carbocycles. The molecule has 12 heavy (non-hydrogen) atoms. The summed E-state index contributed by atoms with van der Waals surface area (Å²) in [5, 5.41) is 0. The van der Waals surface area contributed by atoms with E-state index in [9.17, 15) is 9.59 Å². The number of hydrogen-bond acceptors (Lipinski definition) is 3. The molecule has 4 heteroatoms. The molecule has 66 valence electrons. The summed E-state index contributed by atoms with van der Waals surface area (Å²) in [5.74, 6) is -0.0449. The van der Waals surface area contributed by atoms with E-state index in [1.165, 1.54) is 6.92 Å². The average molecular weight is 185 g/mol. The van der Waals surface area contributed by atoms with Gasteiger partial charge in [0.15, 0.2) is 5.78 Å². The molecule has 0 N–H and O–H groups in total. The van der Waals surface area contributed by atoms with Crippen LogP contribution in [0.1, 0.15) is 36.5 Å². The van der Waals surface area contributed by atoms with Crippen LogP contribution >= 0.6 is 11.3 Å². The quantitative estimate of drug-likeness (QED) is 0.658. The summed E-state index contributed by atoms with van der Waals surface area (Å²) in [6.45, 7) is 5.30. The fourth-order valence-electron chi connectivity index (χ4n) is 0.875. The zero-order chi connectivity index (χ0) is 9.30. The minimum Gasteiger partial charge on any atom is -0.303 e. The molecule has 0 fully saturated rings. The van der Waals surface area contributed by atoms with E-state index in [0.29, 0.717) is 4.88 Å². The van der Waals surface area contributed by atoms with Crippen molar-refractivity contribution in [2.75, 3.05) is 0 Å². The highest BCUT2D eigenvalue weighted by molar-refractivity contribution is 7.11. The fourth-order valence-corrected chi connectivity index (χ4v) is 1.74. The molecule has 0 saturated carbocycles. The molecular weight excluding hydrogens is 174 g/mol. The van der Waals surface area contributed by atoms with Crippen LogP contribution in [0.2, 0.25) is 0 Å². The summed E-state index contributed by atoms with van der Waals surface area (Å²) in [6, 6.07) is 0.127. The van der Waals surface area contributed by atoms with Crippen LogP contribution in [0.4, 0.5) is 0 Å². The predicted octanol–water partition coefficient (Wildman–Crippen LogP) is 1.69. The Labute approximate surface area is 74.6 Å². The summed E-state index contributed by atoms with van der Waals surface area (Å²) < 4.78 is 1.57. The van der Waals surface area contributed by atoms with E-state index in [0.717, 1.165) is 11.3 Å². The third-order valence-corrected chi connectivity index (χ3v) is 2.57.